The van der Waals surface area contributed by atoms with E-state index < -0.39 is 0 Å². The Balaban J connectivity index is 2.25. The van der Waals surface area contributed by atoms with Crippen LogP contribution in [0.15, 0.2) is 34.8 Å². The molecule has 0 radical (unpaired) electrons. The Morgan fingerprint density at radius 1 is 1.04 bits per heavy atom. The highest BCUT2D eigenvalue weighted by Gasteiger charge is 2.19. The minimum Gasteiger partial charge on any atom is -0.494 e. The Bertz CT molecular complexity index is 698. The molecule has 2 aromatic rings. The molecule has 0 atom stereocenters. The fourth-order valence-electron chi connectivity index (χ4n) is 2.17. The summed E-state index contributed by atoms with van der Waals surface area (Å²) in [6.07, 6.45) is 0.728. The highest BCUT2D eigenvalue weighted by Crippen LogP contribution is 2.44. The summed E-state index contributed by atoms with van der Waals surface area (Å²) in [6.45, 7) is 2.89. The van der Waals surface area contributed by atoms with Crippen LogP contribution in [0.3, 0.4) is 0 Å². The molecule has 0 aliphatic heterocycles. The number of rotatable bonds is 8. The second-order valence-electron chi connectivity index (χ2n) is 4.83. The van der Waals surface area contributed by atoms with Crippen molar-refractivity contribution in [1.82, 2.24) is 0 Å². The van der Waals surface area contributed by atoms with Gasteiger partial charge >= 0.3 is 0 Å². The minimum absolute atomic E-state index is 0.325. The Kier molecular flexibility index (Phi) is 6.49. The third kappa shape index (κ3) is 4.00. The first kappa shape index (κ1) is 18.1. The molecule has 0 aromatic heterocycles. The highest BCUT2D eigenvalue weighted by atomic mass is 79.9. The first-order valence-corrected chi connectivity index (χ1v) is 8.18. The lowest BCUT2D eigenvalue weighted by molar-refractivity contribution is 0.112. The lowest BCUT2D eigenvalue weighted by Gasteiger charge is -2.17. The zero-order valence-corrected chi connectivity index (χ0v) is 15.4. The molecule has 0 amide bonds. The molecule has 128 valence electrons. The molecule has 0 aliphatic carbocycles. The predicted molar refractivity (Wildman–Crippen MR) is 94.6 cm³/mol. The first-order chi connectivity index (χ1) is 11.6. The molecule has 0 fully saturated rings. The van der Waals surface area contributed by atoms with Gasteiger partial charge in [0.15, 0.2) is 17.8 Å². The van der Waals surface area contributed by atoms with Crippen molar-refractivity contribution in [3.63, 3.8) is 0 Å². The predicted octanol–water partition coefficient (Wildman–Crippen LogP) is 4.26. The summed E-state index contributed by atoms with van der Waals surface area (Å²) in [4.78, 5) is 11.1. The first-order valence-electron chi connectivity index (χ1n) is 7.38. The van der Waals surface area contributed by atoms with E-state index in [9.17, 15) is 4.79 Å². The Morgan fingerprint density at radius 2 is 1.75 bits per heavy atom. The minimum atomic E-state index is 0.325. The van der Waals surface area contributed by atoms with Crippen LogP contribution in [-0.4, -0.2) is 27.1 Å². The number of methoxy groups -OCH3 is 2. The van der Waals surface area contributed by atoms with Crippen LogP contribution in [0, 0.1) is 0 Å². The van der Waals surface area contributed by atoms with E-state index >= 15 is 0 Å². The number of carbonyl (C=O) groups excluding carboxylic acids is 1. The van der Waals surface area contributed by atoms with Crippen molar-refractivity contribution in [2.45, 2.75) is 13.5 Å². The number of halogens is 1. The Hall–Kier alpha value is -2.21. The van der Waals surface area contributed by atoms with Gasteiger partial charge in [-0.3, -0.25) is 4.79 Å². The van der Waals surface area contributed by atoms with Crippen LogP contribution in [0.25, 0.3) is 0 Å². The van der Waals surface area contributed by atoms with Gasteiger partial charge in [0.25, 0.3) is 0 Å². The molecule has 0 bridgehead atoms. The second kappa shape index (κ2) is 8.59. The molecule has 2 aromatic carbocycles. The van der Waals surface area contributed by atoms with Gasteiger partial charge in [-0.25, -0.2) is 0 Å². The zero-order chi connectivity index (χ0) is 17.5. The summed E-state index contributed by atoms with van der Waals surface area (Å²) in [6, 6.07) is 9.24. The van der Waals surface area contributed by atoms with E-state index in [0.29, 0.717) is 40.5 Å². The third-order valence-electron chi connectivity index (χ3n) is 3.34. The molecule has 6 heteroatoms. The fourth-order valence-corrected chi connectivity index (χ4v) is 2.72. The maximum absolute atomic E-state index is 11.1. The van der Waals surface area contributed by atoms with E-state index in [2.05, 4.69) is 15.9 Å². The number of ether oxygens (including phenoxy) is 4. The second-order valence-corrected chi connectivity index (χ2v) is 5.62. The van der Waals surface area contributed by atoms with Crippen LogP contribution < -0.4 is 18.9 Å². The van der Waals surface area contributed by atoms with Crippen LogP contribution >= 0.6 is 15.9 Å². The molecule has 0 unspecified atom stereocenters. The molecule has 0 N–H and O–H groups in total. The van der Waals surface area contributed by atoms with Gasteiger partial charge in [-0.05, 0) is 46.6 Å². The molecule has 0 saturated carbocycles. The monoisotopic (exact) mass is 394 g/mol. The molecule has 0 spiro atoms. The molecule has 5 nitrogen and oxygen atoms in total. The average Bonchev–Trinajstić information content (AvgIpc) is 2.61. The summed E-state index contributed by atoms with van der Waals surface area (Å²) < 4.78 is 22.5. The largest absolute Gasteiger partial charge is 0.494 e. The Morgan fingerprint density at radius 3 is 2.29 bits per heavy atom. The van der Waals surface area contributed by atoms with Gasteiger partial charge in [-0.2, -0.15) is 0 Å². The Labute approximate surface area is 149 Å². The van der Waals surface area contributed by atoms with Crippen LogP contribution in [0.4, 0.5) is 0 Å². The molecular formula is C18H19BrO5. The van der Waals surface area contributed by atoms with Crippen LogP contribution in [0.2, 0.25) is 0 Å². The molecule has 24 heavy (non-hydrogen) atoms. The summed E-state index contributed by atoms with van der Waals surface area (Å²) in [5, 5.41) is 0. The maximum Gasteiger partial charge on any atom is 0.205 e. The summed E-state index contributed by atoms with van der Waals surface area (Å²) >= 11 is 3.36. The van der Waals surface area contributed by atoms with Crippen molar-refractivity contribution in [1.29, 1.82) is 0 Å². The summed E-state index contributed by atoms with van der Waals surface area (Å²) in [5.74, 6) is 2.10. The van der Waals surface area contributed by atoms with Crippen molar-refractivity contribution in [3.05, 3.63) is 45.9 Å². The van der Waals surface area contributed by atoms with Crippen LogP contribution in [0.1, 0.15) is 22.8 Å². The SMILES string of the molecule is CCOc1ccc(COc2c(OC)cc(C=O)c(Br)c2OC)cc1. The third-order valence-corrected chi connectivity index (χ3v) is 4.16. The van der Waals surface area contributed by atoms with Crippen LogP contribution in [-0.2, 0) is 6.61 Å². The number of aldehydes is 1. The van der Waals surface area contributed by atoms with Crippen molar-refractivity contribution < 1.29 is 23.7 Å². The van der Waals surface area contributed by atoms with Gasteiger partial charge in [0.05, 0.1) is 25.3 Å². The van der Waals surface area contributed by atoms with Crippen molar-refractivity contribution in [2.24, 2.45) is 0 Å². The van der Waals surface area contributed by atoms with Crippen LogP contribution in [0.5, 0.6) is 23.0 Å². The van der Waals surface area contributed by atoms with E-state index in [1.165, 1.54) is 14.2 Å². The average molecular weight is 395 g/mol. The smallest absolute Gasteiger partial charge is 0.205 e. The van der Waals surface area contributed by atoms with E-state index in [1.54, 1.807) is 6.07 Å². The standard InChI is InChI=1S/C18H19BrO5/c1-4-23-14-7-5-12(6-8-14)11-24-17-15(21-2)9-13(10-20)16(19)18(17)22-3/h5-10H,4,11H2,1-3H3. The summed E-state index contributed by atoms with van der Waals surface area (Å²) in [5.41, 5.74) is 1.40. The van der Waals surface area contributed by atoms with Crippen molar-refractivity contribution in [3.8, 4) is 23.0 Å². The molecular weight excluding hydrogens is 376 g/mol. The fraction of sp³-hybridized carbons (Fsp3) is 0.278. The van der Waals surface area contributed by atoms with E-state index in [0.717, 1.165) is 17.6 Å². The quantitative estimate of drug-likeness (QED) is 0.626. The highest BCUT2D eigenvalue weighted by molar-refractivity contribution is 9.10. The molecule has 0 saturated heterocycles. The van der Waals surface area contributed by atoms with E-state index in [1.807, 2.05) is 31.2 Å². The van der Waals surface area contributed by atoms with Gasteiger partial charge in [0, 0.05) is 5.56 Å². The van der Waals surface area contributed by atoms with Gasteiger partial charge in [0.1, 0.15) is 12.4 Å². The molecule has 0 aliphatic rings. The lowest BCUT2D eigenvalue weighted by Crippen LogP contribution is -2.02. The van der Waals surface area contributed by atoms with Gasteiger partial charge in [0.2, 0.25) is 5.75 Å². The number of hydrogen-bond acceptors (Lipinski definition) is 5. The van der Waals surface area contributed by atoms with Gasteiger partial charge < -0.3 is 18.9 Å². The topological polar surface area (TPSA) is 54.0 Å². The van der Waals surface area contributed by atoms with Crippen molar-refractivity contribution in [2.75, 3.05) is 20.8 Å². The lowest BCUT2D eigenvalue weighted by atomic mass is 10.2. The summed E-state index contributed by atoms with van der Waals surface area (Å²) in [7, 11) is 3.03. The normalized spacial score (nSPS) is 10.2. The maximum atomic E-state index is 11.1. The molecule has 2 rings (SSSR count). The van der Waals surface area contributed by atoms with Gasteiger partial charge in [-0.15, -0.1) is 0 Å². The number of benzene rings is 2. The van der Waals surface area contributed by atoms with Crippen molar-refractivity contribution >= 4 is 22.2 Å². The number of carbonyl (C=O) groups is 1. The zero-order valence-electron chi connectivity index (χ0n) is 13.8. The number of hydrogen-bond donors (Lipinski definition) is 0. The molecule has 0 heterocycles. The van der Waals surface area contributed by atoms with Gasteiger partial charge in [-0.1, -0.05) is 12.1 Å². The van der Waals surface area contributed by atoms with E-state index in [4.69, 9.17) is 18.9 Å². The van der Waals surface area contributed by atoms with E-state index in [-0.39, 0.29) is 0 Å².